The number of carbonyl (C=O) groups is 1. The summed E-state index contributed by atoms with van der Waals surface area (Å²) in [7, 11) is 1.70. The topological polar surface area (TPSA) is 29.1 Å². The number of hydrogen-bond donors (Lipinski definition) is 1. The second-order valence-electron chi connectivity index (χ2n) is 8.76. The molecule has 0 bridgehead atoms. The van der Waals surface area contributed by atoms with Gasteiger partial charge in [-0.05, 0) is 73.8 Å². The predicted molar refractivity (Wildman–Crippen MR) is 128 cm³/mol. The standard InChI is InChI=1S/C26H33NOS/c1-7-19-11-12-20-22(16-19)29-23(24(20)25(28)27-6)15-17(2)10-13-21-18(3)9-8-14-26(21,4)5/h10-13,15-16H,7-9,14H2,1-6H3,(H,27,28)/b13-10+,17-15+. The van der Waals surface area contributed by atoms with E-state index in [1.807, 2.05) is 0 Å². The van der Waals surface area contributed by atoms with Crippen molar-refractivity contribution in [2.24, 2.45) is 5.41 Å². The first-order valence-electron chi connectivity index (χ1n) is 10.6. The number of carbonyl (C=O) groups excluding carboxylic acids is 1. The first kappa shape index (κ1) is 21.6. The van der Waals surface area contributed by atoms with Crippen molar-refractivity contribution in [2.75, 3.05) is 7.05 Å². The fraction of sp³-hybridized carbons (Fsp3) is 0.423. The Morgan fingerprint density at radius 3 is 2.72 bits per heavy atom. The van der Waals surface area contributed by atoms with Crippen LogP contribution in [0.4, 0.5) is 0 Å². The van der Waals surface area contributed by atoms with Crippen LogP contribution in [-0.4, -0.2) is 13.0 Å². The normalized spacial score (nSPS) is 17.4. The number of fused-ring (bicyclic) bond motifs is 1. The molecule has 1 aromatic heterocycles. The molecule has 0 spiro atoms. The van der Waals surface area contributed by atoms with Gasteiger partial charge in [-0.3, -0.25) is 4.79 Å². The van der Waals surface area contributed by atoms with Gasteiger partial charge in [0.25, 0.3) is 5.91 Å². The number of thiophene rings is 1. The monoisotopic (exact) mass is 407 g/mol. The van der Waals surface area contributed by atoms with Gasteiger partial charge in [0.1, 0.15) is 0 Å². The van der Waals surface area contributed by atoms with Crippen LogP contribution in [0, 0.1) is 5.41 Å². The van der Waals surface area contributed by atoms with E-state index in [1.165, 1.54) is 46.2 Å². The number of amides is 1. The fourth-order valence-corrected chi connectivity index (χ4v) is 5.60. The van der Waals surface area contributed by atoms with E-state index in [-0.39, 0.29) is 11.3 Å². The molecule has 2 nitrogen and oxygen atoms in total. The molecule has 3 rings (SSSR count). The Hall–Kier alpha value is -2.13. The Bertz CT molecular complexity index is 1020. The predicted octanol–water partition coefficient (Wildman–Crippen LogP) is 7.31. The lowest BCUT2D eigenvalue weighted by molar-refractivity contribution is 0.0965. The maximum atomic E-state index is 12.6. The molecule has 1 aromatic carbocycles. The van der Waals surface area contributed by atoms with E-state index < -0.39 is 0 Å². The third-order valence-electron chi connectivity index (χ3n) is 6.06. The summed E-state index contributed by atoms with van der Waals surface area (Å²) in [5.41, 5.74) is 6.46. The first-order valence-corrected chi connectivity index (χ1v) is 11.4. The van der Waals surface area contributed by atoms with Crippen molar-refractivity contribution >= 4 is 33.4 Å². The van der Waals surface area contributed by atoms with Crippen molar-refractivity contribution in [2.45, 2.75) is 60.3 Å². The summed E-state index contributed by atoms with van der Waals surface area (Å²) in [6.07, 6.45) is 11.4. The van der Waals surface area contributed by atoms with E-state index in [0.29, 0.717) is 0 Å². The molecule has 0 saturated carbocycles. The molecule has 1 aliphatic carbocycles. The molecule has 1 amide bonds. The zero-order chi connectivity index (χ0) is 21.2. The maximum absolute atomic E-state index is 12.6. The second-order valence-corrected chi connectivity index (χ2v) is 9.84. The quantitative estimate of drug-likeness (QED) is 0.517. The summed E-state index contributed by atoms with van der Waals surface area (Å²) in [5.74, 6) is -0.0181. The van der Waals surface area contributed by atoms with Gasteiger partial charge >= 0.3 is 0 Å². The lowest BCUT2D eigenvalue weighted by Crippen LogP contribution is -2.19. The minimum absolute atomic E-state index is 0.0181. The third kappa shape index (κ3) is 4.56. The van der Waals surface area contributed by atoms with E-state index in [1.54, 1.807) is 18.4 Å². The molecule has 1 heterocycles. The van der Waals surface area contributed by atoms with Crippen LogP contribution in [0.3, 0.4) is 0 Å². The van der Waals surface area contributed by atoms with Gasteiger partial charge in [-0.15, -0.1) is 11.3 Å². The number of allylic oxidation sites excluding steroid dienone is 5. The molecule has 0 fully saturated rings. The number of rotatable bonds is 5. The smallest absolute Gasteiger partial charge is 0.253 e. The second kappa shape index (κ2) is 8.71. The van der Waals surface area contributed by atoms with Crippen molar-refractivity contribution in [1.82, 2.24) is 5.32 Å². The van der Waals surface area contributed by atoms with Gasteiger partial charge in [0.05, 0.1) is 5.56 Å². The van der Waals surface area contributed by atoms with Gasteiger partial charge in [0.2, 0.25) is 0 Å². The van der Waals surface area contributed by atoms with Gasteiger partial charge in [-0.1, -0.05) is 50.6 Å². The zero-order valence-electron chi connectivity index (χ0n) is 18.6. The van der Waals surface area contributed by atoms with E-state index in [4.69, 9.17) is 0 Å². The minimum atomic E-state index is -0.0181. The first-order chi connectivity index (χ1) is 13.8. The highest BCUT2D eigenvalue weighted by Crippen LogP contribution is 2.41. The molecule has 0 unspecified atom stereocenters. The van der Waals surface area contributed by atoms with Crippen molar-refractivity contribution in [3.05, 3.63) is 63.1 Å². The fourth-order valence-electron chi connectivity index (χ4n) is 4.32. The SMILES string of the molecule is CCc1ccc2c(C(=O)NC)c(/C=C(C)/C=C/C3=C(C)CCCC3(C)C)sc2c1. The highest BCUT2D eigenvalue weighted by atomic mass is 32.1. The van der Waals surface area contributed by atoms with Crippen molar-refractivity contribution in [1.29, 1.82) is 0 Å². The van der Waals surface area contributed by atoms with Crippen LogP contribution in [0.15, 0.2) is 47.1 Å². The molecular weight excluding hydrogens is 374 g/mol. The van der Waals surface area contributed by atoms with E-state index in [9.17, 15) is 4.79 Å². The number of aryl methyl sites for hydroxylation is 1. The molecule has 1 aliphatic rings. The molecule has 2 aromatic rings. The van der Waals surface area contributed by atoms with Crippen LogP contribution < -0.4 is 5.32 Å². The van der Waals surface area contributed by atoms with E-state index in [0.717, 1.165) is 22.2 Å². The van der Waals surface area contributed by atoms with Gasteiger partial charge in [0, 0.05) is 22.0 Å². The lowest BCUT2D eigenvalue weighted by Gasteiger charge is -2.32. The molecule has 0 saturated heterocycles. The van der Waals surface area contributed by atoms with Crippen LogP contribution in [0.1, 0.15) is 74.7 Å². The van der Waals surface area contributed by atoms with Crippen molar-refractivity contribution in [3.63, 3.8) is 0 Å². The van der Waals surface area contributed by atoms with Crippen LogP contribution >= 0.6 is 11.3 Å². The average molecular weight is 408 g/mol. The van der Waals surface area contributed by atoms with Gasteiger partial charge < -0.3 is 5.32 Å². The van der Waals surface area contributed by atoms with Gasteiger partial charge in [0.15, 0.2) is 0 Å². The Labute approximate surface area is 179 Å². The largest absolute Gasteiger partial charge is 0.355 e. The zero-order valence-corrected chi connectivity index (χ0v) is 19.4. The maximum Gasteiger partial charge on any atom is 0.253 e. The van der Waals surface area contributed by atoms with Gasteiger partial charge in [-0.2, -0.15) is 0 Å². The lowest BCUT2D eigenvalue weighted by atomic mass is 9.72. The Kier molecular flexibility index (Phi) is 6.48. The van der Waals surface area contributed by atoms with E-state index in [2.05, 4.69) is 76.4 Å². The summed E-state index contributed by atoms with van der Waals surface area (Å²) in [6, 6.07) is 6.44. The van der Waals surface area contributed by atoms with E-state index >= 15 is 0 Å². The van der Waals surface area contributed by atoms with Crippen molar-refractivity contribution in [3.8, 4) is 0 Å². The van der Waals surface area contributed by atoms with Crippen LogP contribution in [0.5, 0.6) is 0 Å². The minimum Gasteiger partial charge on any atom is -0.355 e. The van der Waals surface area contributed by atoms with Crippen molar-refractivity contribution < 1.29 is 4.79 Å². The summed E-state index contributed by atoms with van der Waals surface area (Å²) in [5, 5.41) is 3.86. The molecule has 29 heavy (non-hydrogen) atoms. The average Bonchev–Trinajstić information content (AvgIpc) is 3.03. The highest BCUT2D eigenvalue weighted by molar-refractivity contribution is 7.20. The number of hydrogen-bond acceptors (Lipinski definition) is 2. The molecule has 0 atom stereocenters. The molecule has 154 valence electrons. The Morgan fingerprint density at radius 1 is 1.31 bits per heavy atom. The van der Waals surface area contributed by atoms with Crippen LogP contribution in [0.2, 0.25) is 0 Å². The van der Waals surface area contributed by atoms with Gasteiger partial charge in [-0.25, -0.2) is 0 Å². The Morgan fingerprint density at radius 2 is 2.07 bits per heavy atom. The molecule has 0 radical (unpaired) electrons. The molecule has 1 N–H and O–H groups in total. The summed E-state index contributed by atoms with van der Waals surface area (Å²) < 4.78 is 1.18. The summed E-state index contributed by atoms with van der Waals surface area (Å²) in [6.45, 7) is 11.2. The number of nitrogens with one attached hydrogen (secondary N) is 1. The summed E-state index contributed by atoms with van der Waals surface area (Å²) in [4.78, 5) is 13.7. The van der Waals surface area contributed by atoms with Crippen LogP contribution in [-0.2, 0) is 6.42 Å². The highest BCUT2D eigenvalue weighted by Gasteiger charge is 2.26. The van der Waals surface area contributed by atoms with Crippen LogP contribution in [0.25, 0.3) is 16.2 Å². The Balaban J connectivity index is 2.01. The number of benzene rings is 1. The summed E-state index contributed by atoms with van der Waals surface area (Å²) >= 11 is 1.70. The molecular formula is C26H33NOS. The third-order valence-corrected chi connectivity index (χ3v) is 7.16. The molecule has 3 heteroatoms. The molecule has 0 aliphatic heterocycles.